The molecule has 0 saturated carbocycles. The highest BCUT2D eigenvalue weighted by Gasteiger charge is 2.26. The van der Waals surface area contributed by atoms with Gasteiger partial charge in [-0.25, -0.2) is 0 Å². The fourth-order valence-electron chi connectivity index (χ4n) is 3.02. The molecule has 0 aromatic carbocycles. The first-order chi connectivity index (χ1) is 17.8. The van der Waals surface area contributed by atoms with Crippen molar-refractivity contribution in [2.45, 2.75) is 110 Å². The Balaban J connectivity index is -0.000000730. The predicted molar refractivity (Wildman–Crippen MR) is 147 cm³/mol. The van der Waals surface area contributed by atoms with Gasteiger partial charge in [0.1, 0.15) is 6.10 Å². The molecule has 9 heteroatoms. The van der Waals surface area contributed by atoms with Crippen molar-refractivity contribution < 1.29 is 45.3 Å². The summed E-state index contributed by atoms with van der Waals surface area (Å²) in [6.45, 7) is 2.46. The summed E-state index contributed by atoms with van der Waals surface area (Å²) in [4.78, 5) is 9.00. The zero-order valence-corrected chi connectivity index (χ0v) is 23.5. The van der Waals surface area contributed by atoms with Gasteiger partial charge in [-0.1, -0.05) is 76.9 Å². The molecule has 0 bridgehead atoms. The van der Waals surface area contributed by atoms with Crippen LogP contribution < -0.4 is 0 Å². The van der Waals surface area contributed by atoms with Crippen molar-refractivity contribution in [2.24, 2.45) is 5.41 Å². The molecule has 0 aliphatic heterocycles. The zero-order chi connectivity index (χ0) is 28.6. The van der Waals surface area contributed by atoms with E-state index in [4.69, 9.17) is 45.3 Å². The number of carboxylic acid groups (broad SMARTS) is 1. The second kappa shape index (κ2) is 33.0. The highest BCUT2D eigenvalue weighted by Crippen LogP contribution is 2.12. The smallest absolute Gasteiger partial charge is 0.300 e. The average molecular weight is 539 g/mol. The van der Waals surface area contributed by atoms with E-state index >= 15 is 0 Å². The minimum atomic E-state index is -1.11. The molecule has 224 valence electrons. The predicted octanol–water partition coefficient (Wildman–Crippen LogP) is 3.43. The van der Waals surface area contributed by atoms with Crippen molar-refractivity contribution in [2.75, 3.05) is 46.2 Å². The van der Waals surface area contributed by atoms with E-state index in [1.54, 1.807) is 0 Å². The van der Waals surface area contributed by atoms with E-state index in [1.807, 2.05) is 0 Å². The average Bonchev–Trinajstić information content (AvgIpc) is 2.89. The number of aliphatic carboxylic acids is 1. The molecule has 0 amide bonds. The summed E-state index contributed by atoms with van der Waals surface area (Å²) < 4.78 is 5.29. The maximum Gasteiger partial charge on any atom is 0.300 e. The molecule has 1 atom stereocenters. The molecule has 1 unspecified atom stereocenters. The van der Waals surface area contributed by atoms with Gasteiger partial charge in [0.2, 0.25) is 0 Å². The molecule has 0 heterocycles. The van der Waals surface area contributed by atoms with Crippen LogP contribution in [0.25, 0.3) is 0 Å². The van der Waals surface area contributed by atoms with Gasteiger partial charge in [0, 0.05) is 13.5 Å². The largest absolute Gasteiger partial charge is 0.481 e. The number of unbranched alkanes of at least 4 members (excludes halogenated alkanes) is 12. The number of hydrogen-bond acceptors (Lipinski definition) is 8. The van der Waals surface area contributed by atoms with Crippen LogP contribution in [0.3, 0.4) is 0 Å². The third-order valence-corrected chi connectivity index (χ3v) is 5.66. The Morgan fingerprint density at radius 1 is 0.730 bits per heavy atom. The first kappa shape index (κ1) is 40.4. The van der Waals surface area contributed by atoms with Gasteiger partial charge in [0.25, 0.3) is 5.97 Å². The fourth-order valence-corrected chi connectivity index (χ4v) is 3.02. The highest BCUT2D eigenvalue weighted by molar-refractivity contribution is 5.62. The topological polar surface area (TPSA) is 168 Å². The summed E-state index contributed by atoms with van der Waals surface area (Å²) in [6.07, 6.45) is 22.3. The molecule has 0 aromatic rings. The summed E-state index contributed by atoms with van der Waals surface area (Å²) >= 11 is 0. The number of hydrogen-bond donors (Lipinski definition) is 7. The molecule has 9 nitrogen and oxygen atoms in total. The van der Waals surface area contributed by atoms with Crippen molar-refractivity contribution in [3.8, 4) is 0 Å². The minimum absolute atomic E-state index is 0.215. The third kappa shape index (κ3) is 34.9. The lowest BCUT2D eigenvalue weighted by molar-refractivity contribution is -0.134. The van der Waals surface area contributed by atoms with Crippen LogP contribution in [0.15, 0.2) is 12.2 Å². The SMILES string of the molecule is CC(=O)O.CCCCCCCCC=CCCCCCCCCOCC(O)CO.OCC(CO)(CO)CO. The lowest BCUT2D eigenvalue weighted by atomic mass is 9.93. The first-order valence-corrected chi connectivity index (χ1v) is 13.9. The second-order valence-electron chi connectivity index (χ2n) is 9.50. The maximum absolute atomic E-state index is 9.11. The molecular formula is C28H58O9. The van der Waals surface area contributed by atoms with E-state index in [1.165, 1.54) is 83.5 Å². The monoisotopic (exact) mass is 538 g/mol. The Kier molecular flexibility index (Phi) is 36.0. The number of aliphatic hydroxyl groups is 6. The molecule has 0 aliphatic rings. The van der Waals surface area contributed by atoms with Crippen LogP contribution in [0.4, 0.5) is 0 Å². The van der Waals surface area contributed by atoms with Gasteiger partial charge in [-0.2, -0.15) is 0 Å². The number of carboxylic acids is 1. The molecule has 0 aromatic heterocycles. The molecule has 0 fully saturated rings. The van der Waals surface area contributed by atoms with Crippen LogP contribution in [0, 0.1) is 5.41 Å². The van der Waals surface area contributed by atoms with Crippen LogP contribution >= 0.6 is 0 Å². The van der Waals surface area contributed by atoms with Crippen molar-refractivity contribution in [1.82, 2.24) is 0 Å². The van der Waals surface area contributed by atoms with Gasteiger partial charge in [-0.05, 0) is 32.1 Å². The van der Waals surface area contributed by atoms with Crippen LogP contribution in [0.2, 0.25) is 0 Å². The van der Waals surface area contributed by atoms with Crippen LogP contribution in [0.5, 0.6) is 0 Å². The Hall–Kier alpha value is -1.07. The molecular weight excluding hydrogens is 480 g/mol. The number of aliphatic hydroxyl groups excluding tert-OH is 6. The fraction of sp³-hybridized carbons (Fsp3) is 0.893. The van der Waals surface area contributed by atoms with Gasteiger partial charge in [-0.15, -0.1) is 0 Å². The lowest BCUT2D eigenvalue weighted by Crippen LogP contribution is -2.37. The molecule has 0 aliphatic carbocycles. The van der Waals surface area contributed by atoms with Crippen molar-refractivity contribution in [1.29, 1.82) is 0 Å². The normalized spacial score (nSPS) is 12.0. The molecule has 37 heavy (non-hydrogen) atoms. The summed E-state index contributed by atoms with van der Waals surface area (Å²) in [5.74, 6) is -0.833. The number of rotatable bonds is 23. The summed E-state index contributed by atoms with van der Waals surface area (Å²) in [5.41, 5.74) is -1.11. The first-order valence-electron chi connectivity index (χ1n) is 13.9. The van der Waals surface area contributed by atoms with Crippen LogP contribution in [-0.2, 0) is 9.53 Å². The second-order valence-corrected chi connectivity index (χ2v) is 9.50. The highest BCUT2D eigenvalue weighted by atomic mass is 16.5. The Labute approximate surface area is 225 Å². The Morgan fingerprint density at radius 3 is 1.46 bits per heavy atom. The summed E-state index contributed by atoms with van der Waals surface area (Å²) in [6, 6.07) is 0. The molecule has 0 radical (unpaired) electrons. The molecule has 7 N–H and O–H groups in total. The van der Waals surface area contributed by atoms with Crippen LogP contribution in [0.1, 0.15) is 104 Å². The van der Waals surface area contributed by atoms with Crippen molar-refractivity contribution in [3.05, 3.63) is 12.2 Å². The van der Waals surface area contributed by atoms with E-state index in [0.717, 1.165) is 13.3 Å². The van der Waals surface area contributed by atoms with Gasteiger partial charge in [0.05, 0.1) is 45.1 Å². The van der Waals surface area contributed by atoms with Gasteiger partial charge >= 0.3 is 0 Å². The van der Waals surface area contributed by atoms with Gasteiger partial charge in [0.15, 0.2) is 0 Å². The van der Waals surface area contributed by atoms with Gasteiger partial charge in [-0.3, -0.25) is 4.79 Å². The van der Waals surface area contributed by atoms with Gasteiger partial charge < -0.3 is 40.5 Å². The maximum atomic E-state index is 9.11. The Morgan fingerprint density at radius 2 is 1.11 bits per heavy atom. The van der Waals surface area contributed by atoms with Crippen molar-refractivity contribution >= 4 is 5.97 Å². The summed E-state index contributed by atoms with van der Waals surface area (Å²) in [7, 11) is 0. The summed E-state index contributed by atoms with van der Waals surface area (Å²) in [5, 5.41) is 59.2. The molecule has 0 rings (SSSR count). The van der Waals surface area contributed by atoms with E-state index in [9.17, 15) is 0 Å². The minimum Gasteiger partial charge on any atom is -0.481 e. The Bertz CT molecular complexity index is 447. The van der Waals surface area contributed by atoms with Crippen LogP contribution in [-0.4, -0.2) is 94.1 Å². The number of carbonyl (C=O) groups is 1. The molecule has 0 saturated heterocycles. The third-order valence-electron chi connectivity index (χ3n) is 5.66. The number of ether oxygens (including phenoxy) is 1. The van der Waals surface area contributed by atoms with E-state index in [0.29, 0.717) is 6.61 Å². The number of allylic oxidation sites excluding steroid dienone is 2. The van der Waals surface area contributed by atoms with E-state index < -0.39 is 43.9 Å². The standard InChI is InChI=1S/C21H42O3.C5H12O4.C2H4O2/c1-2-3-4-5-6-7-8-9-10-11-12-13-14-15-16-17-18-24-20-21(23)19-22;6-1-5(2-7,3-8)4-9;1-2(3)4/h9-10,21-23H,2-8,11-20H2,1H3;6-9H,1-4H2;1H3,(H,3,4). The van der Waals surface area contributed by atoms with Crippen molar-refractivity contribution in [3.63, 3.8) is 0 Å². The quantitative estimate of drug-likeness (QED) is 0.0761. The van der Waals surface area contributed by atoms with E-state index in [-0.39, 0.29) is 13.2 Å². The zero-order valence-electron chi connectivity index (χ0n) is 23.5. The lowest BCUT2D eigenvalue weighted by Gasteiger charge is -2.23. The van der Waals surface area contributed by atoms with E-state index in [2.05, 4.69) is 19.1 Å². The molecule has 0 spiro atoms.